The fourth-order valence-electron chi connectivity index (χ4n) is 4.68. The van der Waals surface area contributed by atoms with Gasteiger partial charge < -0.3 is 15.5 Å². The van der Waals surface area contributed by atoms with E-state index in [1.165, 1.54) is 12.3 Å². The van der Waals surface area contributed by atoms with E-state index in [2.05, 4.69) is 15.4 Å². The molecule has 200 valence electrons. The molecule has 1 aromatic carbocycles. The van der Waals surface area contributed by atoms with Crippen molar-refractivity contribution >= 4 is 50.0 Å². The van der Waals surface area contributed by atoms with E-state index < -0.39 is 23.9 Å². The van der Waals surface area contributed by atoms with Crippen molar-refractivity contribution in [3.05, 3.63) is 82.8 Å². The number of hydrogen-bond donors (Lipinski definition) is 2. The first-order valence-electron chi connectivity index (χ1n) is 12.0. The summed E-state index contributed by atoms with van der Waals surface area (Å²) in [6.45, 7) is 1.85. The van der Waals surface area contributed by atoms with Crippen LogP contribution in [0.15, 0.2) is 65.4 Å². The van der Waals surface area contributed by atoms with Crippen LogP contribution >= 0.6 is 11.3 Å². The van der Waals surface area contributed by atoms with Crippen LogP contribution in [0.2, 0.25) is 0 Å². The number of furan rings is 1. The van der Waals surface area contributed by atoms with Gasteiger partial charge in [-0.1, -0.05) is 18.2 Å². The summed E-state index contributed by atoms with van der Waals surface area (Å²) >= 11 is 0.822. The van der Waals surface area contributed by atoms with Gasteiger partial charge in [0.05, 0.1) is 34.4 Å². The van der Waals surface area contributed by atoms with Gasteiger partial charge in [-0.3, -0.25) is 14.3 Å². The van der Waals surface area contributed by atoms with E-state index in [0.717, 1.165) is 22.6 Å². The summed E-state index contributed by atoms with van der Waals surface area (Å²) in [5.41, 5.74) is 8.39. The molecule has 6 rings (SSSR count). The smallest absolute Gasteiger partial charge is 0.280 e. The molecule has 40 heavy (non-hydrogen) atoms. The molecule has 12 heteroatoms. The zero-order chi connectivity index (χ0) is 28.1. The van der Waals surface area contributed by atoms with E-state index in [4.69, 9.17) is 15.1 Å². The van der Waals surface area contributed by atoms with Gasteiger partial charge in [-0.2, -0.15) is 5.10 Å². The SMILES string of the molecule is Cc1nn(C)cc1-c1cc(C(=O)Nc2c(C(N)=O)sc3nc(C(F)F)cc(-c4ccco4)c23)c2ccccc2n1. The third-order valence-corrected chi connectivity index (χ3v) is 7.50. The maximum atomic E-state index is 13.9. The van der Waals surface area contributed by atoms with E-state index in [1.807, 2.05) is 19.2 Å². The Morgan fingerprint density at radius 2 is 1.90 bits per heavy atom. The number of rotatable bonds is 6. The maximum Gasteiger partial charge on any atom is 0.280 e. The number of para-hydroxylation sites is 1. The number of pyridine rings is 2. The molecule has 2 amide bonds. The Morgan fingerprint density at radius 1 is 1.10 bits per heavy atom. The molecule has 5 aromatic heterocycles. The fourth-order valence-corrected chi connectivity index (χ4v) is 5.70. The fraction of sp³-hybridized carbons (Fsp3) is 0.107. The molecule has 0 atom stereocenters. The predicted octanol–water partition coefficient (Wildman–Crippen LogP) is 6.10. The Labute approximate surface area is 229 Å². The quantitative estimate of drug-likeness (QED) is 0.254. The summed E-state index contributed by atoms with van der Waals surface area (Å²) in [6.07, 6.45) is 0.342. The van der Waals surface area contributed by atoms with Crippen LogP contribution in [-0.2, 0) is 7.05 Å². The molecule has 0 spiro atoms. The second-order valence-corrected chi connectivity index (χ2v) is 10.1. The number of primary amides is 1. The lowest BCUT2D eigenvalue weighted by Gasteiger charge is -2.12. The van der Waals surface area contributed by atoms with Gasteiger partial charge in [0.1, 0.15) is 21.2 Å². The van der Waals surface area contributed by atoms with Crippen molar-refractivity contribution in [2.24, 2.45) is 12.8 Å². The monoisotopic (exact) mass is 558 g/mol. The lowest BCUT2D eigenvalue weighted by molar-refractivity contribution is 0.100. The predicted molar refractivity (Wildman–Crippen MR) is 147 cm³/mol. The van der Waals surface area contributed by atoms with Gasteiger partial charge >= 0.3 is 0 Å². The number of halogens is 2. The van der Waals surface area contributed by atoms with E-state index in [9.17, 15) is 18.4 Å². The summed E-state index contributed by atoms with van der Waals surface area (Å²) in [5.74, 6) is -1.12. The second-order valence-electron chi connectivity index (χ2n) is 9.05. The van der Waals surface area contributed by atoms with E-state index in [-0.39, 0.29) is 37.7 Å². The van der Waals surface area contributed by atoms with Crippen LogP contribution in [0.1, 0.15) is 37.8 Å². The molecule has 0 fully saturated rings. The van der Waals surface area contributed by atoms with Crippen molar-refractivity contribution < 1.29 is 22.8 Å². The summed E-state index contributed by atoms with van der Waals surface area (Å²) < 4.78 is 34.6. The minimum absolute atomic E-state index is 0.0308. The highest BCUT2D eigenvalue weighted by atomic mass is 32.1. The first-order chi connectivity index (χ1) is 19.2. The molecule has 0 radical (unpaired) electrons. The van der Waals surface area contributed by atoms with Crippen molar-refractivity contribution in [3.63, 3.8) is 0 Å². The van der Waals surface area contributed by atoms with Gasteiger partial charge in [0.15, 0.2) is 0 Å². The van der Waals surface area contributed by atoms with Crippen LogP contribution in [0, 0.1) is 6.92 Å². The van der Waals surface area contributed by atoms with Gasteiger partial charge in [-0.15, -0.1) is 11.3 Å². The number of carbonyl (C=O) groups excluding carboxylic acids is 2. The first kappa shape index (κ1) is 25.3. The number of aromatic nitrogens is 4. The number of thiophene rings is 1. The van der Waals surface area contributed by atoms with Crippen LogP contribution in [0.3, 0.4) is 0 Å². The molecule has 3 N–H and O–H groups in total. The number of alkyl halides is 2. The normalized spacial score (nSPS) is 11.5. The van der Waals surface area contributed by atoms with Crippen LogP contribution < -0.4 is 11.1 Å². The van der Waals surface area contributed by atoms with Gasteiger partial charge in [-0.25, -0.2) is 18.7 Å². The van der Waals surface area contributed by atoms with Crippen LogP contribution in [0.5, 0.6) is 0 Å². The molecule has 6 aromatic rings. The largest absolute Gasteiger partial charge is 0.464 e. The van der Waals surface area contributed by atoms with Crippen molar-refractivity contribution in [3.8, 4) is 22.6 Å². The van der Waals surface area contributed by atoms with Crippen LogP contribution in [0.25, 0.3) is 43.7 Å². The van der Waals surface area contributed by atoms with E-state index in [0.29, 0.717) is 16.6 Å². The van der Waals surface area contributed by atoms with E-state index >= 15 is 0 Å². The summed E-state index contributed by atoms with van der Waals surface area (Å²) in [6, 6.07) is 13.2. The third-order valence-electron chi connectivity index (χ3n) is 6.40. The molecular formula is C28H20F2N6O3S. The summed E-state index contributed by atoms with van der Waals surface area (Å²) in [7, 11) is 1.79. The Morgan fingerprint density at radius 3 is 2.58 bits per heavy atom. The molecule has 5 heterocycles. The van der Waals surface area contributed by atoms with Crippen molar-refractivity contribution in [2.75, 3.05) is 5.32 Å². The number of aryl methyl sites for hydroxylation is 2. The second kappa shape index (κ2) is 9.65. The Hall–Kier alpha value is -4.97. The molecule has 9 nitrogen and oxygen atoms in total. The Balaban J connectivity index is 1.55. The summed E-state index contributed by atoms with van der Waals surface area (Å²) in [5, 5.41) is 8.05. The standard InChI is InChI=1S/C28H20F2N6O3S/c1-13-17(12-36(2)35-13)19-10-15(14-6-3-4-7-18(14)32-19)27(38)34-23-22-16(21-8-5-9-39-21)11-20(25(29)30)33-28(22)40-24(23)26(31)37/h3-12,25H,1-2H3,(H2,31,37)(H,34,38). The highest BCUT2D eigenvalue weighted by molar-refractivity contribution is 7.21. The number of nitrogens with one attached hydrogen (secondary N) is 1. The molecule has 0 aliphatic carbocycles. The molecular weight excluding hydrogens is 538 g/mol. The van der Waals surface area contributed by atoms with E-state index in [1.54, 1.807) is 48.1 Å². The maximum absolute atomic E-state index is 13.9. The zero-order valence-corrected chi connectivity index (χ0v) is 21.9. The van der Waals surface area contributed by atoms with Gasteiger partial charge in [-0.05, 0) is 37.3 Å². The molecule has 0 bridgehead atoms. The number of fused-ring (bicyclic) bond motifs is 2. The van der Waals surface area contributed by atoms with Crippen molar-refractivity contribution in [1.82, 2.24) is 19.7 Å². The Bertz CT molecular complexity index is 1950. The van der Waals surface area contributed by atoms with Crippen LogP contribution in [0.4, 0.5) is 14.5 Å². The average molecular weight is 559 g/mol. The minimum Gasteiger partial charge on any atom is -0.464 e. The number of hydrogen-bond acceptors (Lipinski definition) is 7. The zero-order valence-electron chi connectivity index (χ0n) is 21.1. The number of nitrogens with two attached hydrogens (primary N) is 1. The van der Waals surface area contributed by atoms with Crippen molar-refractivity contribution in [1.29, 1.82) is 0 Å². The minimum atomic E-state index is -2.87. The molecule has 0 aliphatic heterocycles. The lowest BCUT2D eigenvalue weighted by Crippen LogP contribution is -2.17. The number of anilines is 1. The van der Waals surface area contributed by atoms with Gasteiger partial charge in [0, 0.05) is 35.1 Å². The number of carbonyl (C=O) groups is 2. The third kappa shape index (κ3) is 4.28. The molecule has 0 aliphatic rings. The van der Waals surface area contributed by atoms with Crippen molar-refractivity contribution in [2.45, 2.75) is 13.3 Å². The number of amides is 2. The van der Waals surface area contributed by atoms with Gasteiger partial charge in [0.2, 0.25) is 0 Å². The summed E-state index contributed by atoms with van der Waals surface area (Å²) in [4.78, 5) is 35.3. The van der Waals surface area contributed by atoms with Gasteiger partial charge in [0.25, 0.3) is 18.2 Å². The molecule has 0 saturated carbocycles. The number of nitrogens with zero attached hydrogens (tertiary/aromatic N) is 4. The topological polar surface area (TPSA) is 129 Å². The highest BCUT2D eigenvalue weighted by Gasteiger charge is 2.27. The highest BCUT2D eigenvalue weighted by Crippen LogP contribution is 2.43. The lowest BCUT2D eigenvalue weighted by atomic mass is 10.0. The van der Waals surface area contributed by atoms with Crippen LogP contribution in [-0.4, -0.2) is 31.6 Å². The first-order valence-corrected chi connectivity index (χ1v) is 12.8. The Kier molecular flexibility index (Phi) is 6.11. The molecule has 0 unspecified atom stereocenters. The number of benzene rings is 1. The molecule has 0 saturated heterocycles. The average Bonchev–Trinajstić information content (AvgIpc) is 3.66.